The molecular weight excluding hydrogens is 913 g/mol. The van der Waals surface area contributed by atoms with Crippen molar-refractivity contribution in [1.29, 1.82) is 0 Å². The van der Waals surface area contributed by atoms with E-state index in [1.54, 1.807) is 0 Å². The molecule has 2 saturated carbocycles. The van der Waals surface area contributed by atoms with Gasteiger partial charge in [-0.05, 0) is 65.3 Å². The number of rotatable bonds is 4. The molecule has 0 bridgehead atoms. The van der Waals surface area contributed by atoms with E-state index in [1.807, 2.05) is 0 Å². The molecule has 14 N–H and O–H groups in total. The van der Waals surface area contributed by atoms with Crippen molar-refractivity contribution in [2.45, 2.75) is 60.5 Å². The third-order valence-electron chi connectivity index (χ3n) is 14.0. The summed E-state index contributed by atoms with van der Waals surface area (Å²) in [6.07, 6.45) is -3.82. The first-order chi connectivity index (χ1) is 30.4. The van der Waals surface area contributed by atoms with Crippen molar-refractivity contribution in [2.75, 3.05) is 28.2 Å². The fourth-order valence-corrected chi connectivity index (χ4v) is 11.2. The van der Waals surface area contributed by atoms with Gasteiger partial charge in [-0.2, -0.15) is 0 Å². The topological polar surface area (TPSA) is 409 Å². The number of carbonyl (C=O) groups is 6. The van der Waals surface area contributed by atoms with Crippen molar-refractivity contribution in [3.63, 3.8) is 0 Å². The van der Waals surface area contributed by atoms with Crippen LogP contribution in [0.5, 0.6) is 11.5 Å². The van der Waals surface area contributed by atoms with E-state index in [1.165, 1.54) is 88.2 Å². The van der Waals surface area contributed by atoms with Crippen LogP contribution in [0.1, 0.15) is 36.1 Å². The van der Waals surface area contributed by atoms with E-state index in [4.69, 9.17) is 11.5 Å². The molecule has 2 unspecified atom stereocenters. The van der Waals surface area contributed by atoms with Gasteiger partial charge in [0.05, 0.1) is 69.6 Å². The van der Waals surface area contributed by atoms with Crippen LogP contribution < -0.4 is 21.7 Å². The number of nitrogens with two attached hydrogens (primary N) is 2. The summed E-state index contributed by atoms with van der Waals surface area (Å²) in [5, 5.41) is 137. The number of Topliss-reactive ketones (excluding diaryl/α,β-unsaturated/α-hetero) is 4. The number of nitrogens with zero attached hydrogens (tertiary/aromatic N) is 2. The predicted molar refractivity (Wildman–Crippen MR) is 223 cm³/mol. The molecule has 0 spiro atoms. The standard InChI is InChI=1S/2C22H24N2O9.Ca/c2*1-21(32)7-5-4-6-8(25)9(7)15(26)10-12(21)17(28)13-14(24(2)3)16(27)11(20(23)31)19(30)22(13,33)18(10)29;/h2*4-6,12-14,17,25-26,28,30,32-33H,1-3H3,(H2,23,31);/q;;+2/p-2/t2*12?,13-,14+,17+,21-,22+;/m11./s1. The first kappa shape index (κ1) is 51.2. The number of phenols is 2. The number of phenolic OH excluding ortho intramolecular Hbond substituents is 2. The van der Waals surface area contributed by atoms with Crippen molar-refractivity contribution in [3.05, 3.63) is 92.5 Å². The van der Waals surface area contributed by atoms with Crippen LogP contribution in [0.4, 0.5) is 0 Å². The molecular formula is C44H46CaN4O18. The molecule has 67 heavy (non-hydrogen) atoms. The first-order valence-corrected chi connectivity index (χ1v) is 20.1. The maximum absolute atomic E-state index is 13.6. The van der Waals surface area contributed by atoms with Gasteiger partial charge >= 0.3 is 37.7 Å². The smallest absolute Gasteiger partial charge is 0.873 e. The van der Waals surface area contributed by atoms with Crippen LogP contribution in [0.2, 0.25) is 0 Å². The molecule has 2 aromatic carbocycles. The summed E-state index contributed by atoms with van der Waals surface area (Å²) in [4.78, 5) is 79.6. The third-order valence-corrected chi connectivity index (χ3v) is 14.0. The molecule has 2 fully saturated rings. The van der Waals surface area contributed by atoms with E-state index in [0.717, 1.165) is 0 Å². The Hall–Kier alpha value is -5.24. The summed E-state index contributed by atoms with van der Waals surface area (Å²) < 4.78 is 0. The number of hydrogen-bond acceptors (Lipinski definition) is 20. The quantitative estimate of drug-likeness (QED) is 0.100. The fraction of sp³-hybridized carbons (Fsp3) is 0.409. The van der Waals surface area contributed by atoms with E-state index in [-0.39, 0.29) is 60.0 Å². The molecule has 0 radical (unpaired) electrons. The molecule has 2 aromatic rings. The number of benzene rings is 2. The predicted octanol–water partition coefficient (Wildman–Crippen LogP) is -5.58. The van der Waals surface area contributed by atoms with Crippen LogP contribution in [0, 0.1) is 23.7 Å². The van der Waals surface area contributed by atoms with Crippen LogP contribution in [-0.4, -0.2) is 197 Å². The summed E-state index contributed by atoms with van der Waals surface area (Å²) in [6.45, 7) is 2.47. The van der Waals surface area contributed by atoms with Crippen molar-refractivity contribution in [3.8, 4) is 11.5 Å². The fourth-order valence-electron chi connectivity index (χ4n) is 11.2. The minimum atomic E-state index is -3.13. The van der Waals surface area contributed by atoms with E-state index >= 15 is 0 Å². The summed E-state index contributed by atoms with van der Waals surface area (Å²) in [7, 11) is 5.51. The van der Waals surface area contributed by atoms with Crippen molar-refractivity contribution >= 4 is 84.2 Å². The van der Waals surface area contributed by atoms with E-state index in [2.05, 4.69) is 0 Å². The van der Waals surface area contributed by atoms with Crippen LogP contribution in [0.25, 0.3) is 11.5 Å². The molecule has 0 aliphatic heterocycles. The molecule has 0 heterocycles. The molecule has 22 nitrogen and oxygen atoms in total. The Kier molecular flexibility index (Phi) is 12.6. The molecule has 8 rings (SSSR count). The number of aliphatic hydroxyl groups is 8. The van der Waals surface area contributed by atoms with Crippen LogP contribution >= 0.6 is 0 Å². The van der Waals surface area contributed by atoms with Gasteiger partial charge in [0, 0.05) is 23.0 Å². The van der Waals surface area contributed by atoms with E-state index < -0.39 is 162 Å². The van der Waals surface area contributed by atoms with Crippen LogP contribution in [0.3, 0.4) is 0 Å². The number of amides is 2. The number of likely N-dealkylation sites (N-methyl/N-ethyl adjacent to an activating group) is 2. The summed E-state index contributed by atoms with van der Waals surface area (Å²) >= 11 is 0. The number of aliphatic hydroxyl groups excluding tert-OH is 4. The second-order valence-electron chi connectivity index (χ2n) is 18.1. The Balaban J connectivity index is 0.000000218. The average Bonchev–Trinajstić information content (AvgIpc) is 3.20. The largest absolute Gasteiger partial charge is 2.00 e. The zero-order chi connectivity index (χ0) is 49.6. The average molecular weight is 959 g/mol. The van der Waals surface area contributed by atoms with Gasteiger partial charge in [-0.25, -0.2) is 0 Å². The first-order valence-electron chi connectivity index (χ1n) is 20.1. The zero-order valence-electron chi connectivity index (χ0n) is 36.6. The van der Waals surface area contributed by atoms with Gasteiger partial charge in [-0.1, -0.05) is 35.8 Å². The zero-order valence-corrected chi connectivity index (χ0v) is 38.8. The number of carbonyl (C=O) groups excluding carboxylic acids is 6. The van der Waals surface area contributed by atoms with Crippen LogP contribution in [0.15, 0.2) is 70.2 Å². The van der Waals surface area contributed by atoms with Gasteiger partial charge < -0.3 is 72.7 Å². The summed E-state index contributed by atoms with van der Waals surface area (Å²) in [5.74, 6) is -20.5. The second-order valence-corrected chi connectivity index (χ2v) is 18.1. The Bertz CT molecular complexity index is 2560. The number of hydrogen-bond donors (Lipinski definition) is 12. The van der Waals surface area contributed by atoms with Crippen molar-refractivity contribution < 1.29 is 90.0 Å². The van der Waals surface area contributed by atoms with Gasteiger partial charge in [0.25, 0.3) is 11.8 Å². The van der Waals surface area contributed by atoms with Gasteiger partial charge in [0.2, 0.25) is 0 Å². The Morgan fingerprint density at radius 3 is 1.16 bits per heavy atom. The normalized spacial score (nSPS) is 35.4. The number of primary amides is 2. The molecule has 6 aliphatic carbocycles. The monoisotopic (exact) mass is 958 g/mol. The number of aromatic hydroxyl groups is 2. The molecule has 6 aliphatic rings. The molecule has 12 atom stereocenters. The van der Waals surface area contributed by atoms with Gasteiger partial charge in [0.15, 0.2) is 23.1 Å². The molecule has 0 saturated heterocycles. The van der Waals surface area contributed by atoms with Crippen molar-refractivity contribution in [1.82, 2.24) is 9.80 Å². The SMILES string of the molecule is CN(C)[C@@H]1C(=O)C(C(N)=O)=C([O-])[C@@]2(O)C(=O)C3=C(O)c4c(O)cccc4[C@@](C)(O)C3[C@H](O)[C@@H]12.CN(C)[C@@H]1C(=O)C(C(N)=O)=C([O-])[C@@]2(O)C(=O)C3=C(O)c4c(O)cccc4[C@@](C)(O)C3[C@H](O)[C@@H]12.[Ca+2]. The maximum atomic E-state index is 13.6. The third kappa shape index (κ3) is 6.57. The maximum Gasteiger partial charge on any atom is 2.00 e. The van der Waals surface area contributed by atoms with Gasteiger partial charge in [-0.3, -0.25) is 38.6 Å². The molecule has 2 amide bonds. The summed E-state index contributed by atoms with van der Waals surface area (Å²) in [6, 6.07) is 4.85. The van der Waals surface area contributed by atoms with Crippen molar-refractivity contribution in [2.24, 2.45) is 35.1 Å². The minimum Gasteiger partial charge on any atom is -0.873 e. The van der Waals surface area contributed by atoms with Gasteiger partial charge in [0.1, 0.15) is 34.2 Å². The van der Waals surface area contributed by atoms with E-state index in [9.17, 15) is 90.0 Å². The minimum absolute atomic E-state index is 0. The molecule has 0 aromatic heterocycles. The van der Waals surface area contributed by atoms with Crippen LogP contribution in [-0.2, 0) is 40.0 Å². The summed E-state index contributed by atoms with van der Waals surface area (Å²) in [5.41, 5.74) is -4.27. The number of fused-ring (bicyclic) bond motifs is 6. The second kappa shape index (κ2) is 16.5. The Labute approximate surface area is 409 Å². The molecule has 23 heteroatoms. The Morgan fingerprint density at radius 1 is 0.597 bits per heavy atom. The Morgan fingerprint density at radius 2 is 0.896 bits per heavy atom. The molecule has 352 valence electrons. The van der Waals surface area contributed by atoms with Gasteiger partial charge in [-0.15, -0.1) is 0 Å². The number of ketones is 4. The van der Waals surface area contributed by atoms with E-state index in [0.29, 0.717) is 0 Å².